The number of sulfonamides is 1. The van der Waals surface area contributed by atoms with Gasteiger partial charge in [0.25, 0.3) is 15.9 Å². The first-order valence-electron chi connectivity index (χ1n) is 11.5. The summed E-state index contributed by atoms with van der Waals surface area (Å²) in [5, 5.41) is 6.00. The number of anilines is 2. The Morgan fingerprint density at radius 2 is 1.64 bits per heavy atom. The first-order chi connectivity index (χ1) is 17.0. The van der Waals surface area contributed by atoms with Crippen LogP contribution in [0, 0.1) is 19.8 Å². The molecule has 190 valence electrons. The summed E-state index contributed by atoms with van der Waals surface area (Å²) in [5.74, 6) is -0.653. The van der Waals surface area contributed by atoms with Crippen LogP contribution in [0.1, 0.15) is 35.3 Å². The van der Waals surface area contributed by atoms with Crippen LogP contribution in [0.25, 0.3) is 0 Å². The fourth-order valence-corrected chi connectivity index (χ4v) is 5.25. The molecule has 0 aliphatic rings. The van der Waals surface area contributed by atoms with Gasteiger partial charge in [-0.05, 0) is 67.8 Å². The van der Waals surface area contributed by atoms with Gasteiger partial charge in [-0.15, -0.1) is 0 Å². The molecular formula is C27H30ClN3O4S. The first kappa shape index (κ1) is 27.2. The summed E-state index contributed by atoms with van der Waals surface area (Å²) in [6.45, 7) is 7.54. The Labute approximate surface area is 217 Å². The molecule has 36 heavy (non-hydrogen) atoms. The van der Waals surface area contributed by atoms with Gasteiger partial charge >= 0.3 is 0 Å². The molecule has 3 rings (SSSR count). The van der Waals surface area contributed by atoms with E-state index in [1.54, 1.807) is 61.5 Å². The summed E-state index contributed by atoms with van der Waals surface area (Å²) in [5.41, 5.74) is 2.43. The third-order valence-corrected chi connectivity index (χ3v) is 7.45. The summed E-state index contributed by atoms with van der Waals surface area (Å²) in [6.07, 6.45) is 0. The molecule has 0 heterocycles. The van der Waals surface area contributed by atoms with E-state index in [-0.39, 0.29) is 16.7 Å². The fraction of sp³-hybridized carbons (Fsp3) is 0.259. The summed E-state index contributed by atoms with van der Waals surface area (Å²) in [7, 11) is -4.09. The molecule has 3 aromatic rings. The number of para-hydroxylation sites is 1. The van der Waals surface area contributed by atoms with Crippen LogP contribution < -0.4 is 14.9 Å². The number of hydrogen-bond acceptors (Lipinski definition) is 4. The van der Waals surface area contributed by atoms with E-state index in [1.807, 2.05) is 20.8 Å². The molecule has 9 heteroatoms. The maximum atomic E-state index is 13.6. The van der Waals surface area contributed by atoms with Crippen LogP contribution in [0.5, 0.6) is 0 Å². The molecular weight excluding hydrogens is 498 g/mol. The van der Waals surface area contributed by atoms with Gasteiger partial charge in [0.05, 0.1) is 21.8 Å². The lowest BCUT2D eigenvalue weighted by atomic mass is 10.1. The van der Waals surface area contributed by atoms with Gasteiger partial charge in [0.1, 0.15) is 6.54 Å². The lowest BCUT2D eigenvalue weighted by molar-refractivity contribution is -0.114. The quantitative estimate of drug-likeness (QED) is 0.401. The number of halogens is 1. The van der Waals surface area contributed by atoms with Crippen molar-refractivity contribution in [2.24, 2.45) is 5.92 Å². The van der Waals surface area contributed by atoms with Crippen molar-refractivity contribution in [2.45, 2.75) is 32.6 Å². The van der Waals surface area contributed by atoms with Crippen molar-refractivity contribution in [3.05, 3.63) is 88.4 Å². The average Bonchev–Trinajstić information content (AvgIpc) is 2.82. The summed E-state index contributed by atoms with van der Waals surface area (Å²) in [4.78, 5) is 25.9. The highest BCUT2D eigenvalue weighted by Gasteiger charge is 2.29. The van der Waals surface area contributed by atoms with E-state index >= 15 is 0 Å². The van der Waals surface area contributed by atoms with E-state index in [9.17, 15) is 18.0 Å². The Balaban J connectivity index is 1.94. The second-order valence-corrected chi connectivity index (χ2v) is 11.3. The van der Waals surface area contributed by atoms with E-state index in [1.165, 1.54) is 12.1 Å². The maximum absolute atomic E-state index is 13.6. The fourth-order valence-electron chi connectivity index (χ4n) is 3.54. The zero-order chi connectivity index (χ0) is 26.5. The van der Waals surface area contributed by atoms with Crippen LogP contribution in [0.3, 0.4) is 0 Å². The number of carbonyl (C=O) groups excluding carboxylic acids is 2. The third-order valence-electron chi connectivity index (χ3n) is 5.44. The number of hydrogen-bond donors (Lipinski definition) is 2. The molecule has 3 aromatic carbocycles. The molecule has 0 saturated heterocycles. The molecule has 0 fully saturated rings. The molecule has 0 spiro atoms. The van der Waals surface area contributed by atoms with Gasteiger partial charge in [0, 0.05) is 11.6 Å². The summed E-state index contributed by atoms with van der Waals surface area (Å²) in [6, 6.07) is 17.8. The molecule has 0 aliphatic heterocycles. The molecule has 2 N–H and O–H groups in total. The summed E-state index contributed by atoms with van der Waals surface area (Å²) >= 11 is 6.09. The predicted molar refractivity (Wildman–Crippen MR) is 144 cm³/mol. The van der Waals surface area contributed by atoms with Crippen molar-refractivity contribution in [3.8, 4) is 0 Å². The minimum atomic E-state index is -4.09. The van der Waals surface area contributed by atoms with Gasteiger partial charge in [-0.25, -0.2) is 8.42 Å². The molecule has 0 aliphatic carbocycles. The van der Waals surface area contributed by atoms with Crippen molar-refractivity contribution >= 4 is 44.8 Å². The molecule has 0 bridgehead atoms. The SMILES string of the molecule is Cc1ccc(S(=O)(=O)N(CC(=O)Nc2ccccc2C(=O)NCC(C)C)c2ccc(Cl)cc2C)cc1. The normalized spacial score (nSPS) is 11.3. The number of carbonyl (C=O) groups is 2. The molecule has 7 nitrogen and oxygen atoms in total. The van der Waals surface area contributed by atoms with E-state index in [0.29, 0.717) is 34.1 Å². The zero-order valence-electron chi connectivity index (χ0n) is 20.7. The lowest BCUT2D eigenvalue weighted by Gasteiger charge is -2.26. The predicted octanol–water partition coefficient (Wildman–Crippen LogP) is 5.18. The highest BCUT2D eigenvalue weighted by molar-refractivity contribution is 7.92. The first-order valence-corrected chi connectivity index (χ1v) is 13.3. The smallest absolute Gasteiger partial charge is 0.264 e. The number of rotatable bonds is 9. The standard InChI is InChI=1S/C27H30ClN3O4S/c1-18(2)16-29-27(33)23-7-5-6-8-24(23)30-26(32)17-31(25-14-11-21(28)15-20(25)4)36(34,35)22-12-9-19(3)10-13-22/h5-15,18H,16-17H2,1-4H3,(H,29,33)(H,30,32). The van der Waals surface area contributed by atoms with Crippen LogP contribution in [0.15, 0.2) is 71.6 Å². The molecule has 0 aromatic heterocycles. The van der Waals surface area contributed by atoms with Crippen LogP contribution in [-0.4, -0.2) is 33.3 Å². The second kappa shape index (κ2) is 11.6. The zero-order valence-corrected chi connectivity index (χ0v) is 22.3. The van der Waals surface area contributed by atoms with Crippen molar-refractivity contribution in [2.75, 3.05) is 22.7 Å². The lowest BCUT2D eigenvalue weighted by Crippen LogP contribution is -2.39. The van der Waals surface area contributed by atoms with Crippen LogP contribution in [0.4, 0.5) is 11.4 Å². The van der Waals surface area contributed by atoms with Gasteiger partial charge in [0.15, 0.2) is 0 Å². The van der Waals surface area contributed by atoms with Crippen molar-refractivity contribution in [1.82, 2.24) is 5.32 Å². The van der Waals surface area contributed by atoms with E-state index in [0.717, 1.165) is 9.87 Å². The maximum Gasteiger partial charge on any atom is 0.264 e. The largest absolute Gasteiger partial charge is 0.352 e. The topological polar surface area (TPSA) is 95.6 Å². The Morgan fingerprint density at radius 1 is 0.972 bits per heavy atom. The Morgan fingerprint density at radius 3 is 2.28 bits per heavy atom. The number of aryl methyl sites for hydroxylation is 2. The molecule has 0 radical (unpaired) electrons. The van der Waals surface area contributed by atoms with Gasteiger partial charge in [-0.3, -0.25) is 13.9 Å². The molecule has 0 saturated carbocycles. The van der Waals surface area contributed by atoms with Gasteiger partial charge in [-0.1, -0.05) is 55.3 Å². The molecule has 2 amide bonds. The van der Waals surface area contributed by atoms with Gasteiger partial charge < -0.3 is 10.6 Å². The number of benzene rings is 3. The van der Waals surface area contributed by atoms with Gasteiger partial charge in [-0.2, -0.15) is 0 Å². The van der Waals surface area contributed by atoms with Gasteiger partial charge in [0.2, 0.25) is 5.91 Å². The minimum absolute atomic E-state index is 0.0590. The second-order valence-electron chi connectivity index (χ2n) is 8.95. The van der Waals surface area contributed by atoms with Crippen LogP contribution in [-0.2, 0) is 14.8 Å². The van der Waals surface area contributed by atoms with Crippen molar-refractivity contribution < 1.29 is 18.0 Å². The summed E-state index contributed by atoms with van der Waals surface area (Å²) < 4.78 is 28.3. The minimum Gasteiger partial charge on any atom is -0.352 e. The van der Waals surface area contributed by atoms with Crippen LogP contribution in [0.2, 0.25) is 5.02 Å². The van der Waals surface area contributed by atoms with Crippen molar-refractivity contribution in [3.63, 3.8) is 0 Å². The Hall–Kier alpha value is -3.36. The number of nitrogens with zero attached hydrogens (tertiary/aromatic N) is 1. The number of amides is 2. The number of nitrogens with one attached hydrogen (secondary N) is 2. The van der Waals surface area contributed by atoms with E-state index in [2.05, 4.69) is 10.6 Å². The van der Waals surface area contributed by atoms with E-state index in [4.69, 9.17) is 11.6 Å². The molecule has 0 atom stereocenters. The van der Waals surface area contributed by atoms with E-state index < -0.39 is 22.5 Å². The monoisotopic (exact) mass is 527 g/mol. The molecule has 0 unspecified atom stereocenters. The Bertz CT molecular complexity index is 1360. The highest BCUT2D eigenvalue weighted by Crippen LogP contribution is 2.29. The van der Waals surface area contributed by atoms with Crippen molar-refractivity contribution in [1.29, 1.82) is 0 Å². The van der Waals surface area contributed by atoms with Crippen LogP contribution >= 0.6 is 11.6 Å². The highest BCUT2D eigenvalue weighted by atomic mass is 35.5. The Kier molecular flexibility index (Phi) is 8.76. The average molecular weight is 528 g/mol. The third kappa shape index (κ3) is 6.65.